The van der Waals surface area contributed by atoms with E-state index in [1.807, 2.05) is 13.0 Å². The van der Waals surface area contributed by atoms with Gasteiger partial charge in [-0.05, 0) is 19.4 Å². The van der Waals surface area contributed by atoms with E-state index in [1.54, 1.807) is 6.07 Å². The Morgan fingerprint density at radius 1 is 1.62 bits per heavy atom. The van der Waals surface area contributed by atoms with Gasteiger partial charge in [0.05, 0.1) is 11.8 Å². The molecule has 68 valence electrons. The van der Waals surface area contributed by atoms with Crippen LogP contribution in [0.2, 0.25) is 0 Å². The van der Waals surface area contributed by atoms with Crippen molar-refractivity contribution in [3.63, 3.8) is 0 Å². The molecule has 13 heavy (non-hydrogen) atoms. The molecule has 1 aromatic heterocycles. The number of nitrogens with zero attached hydrogens (tertiary/aromatic N) is 3. The van der Waals surface area contributed by atoms with Gasteiger partial charge in [0.2, 0.25) is 0 Å². The fourth-order valence-electron chi connectivity index (χ4n) is 1.02. The van der Waals surface area contributed by atoms with Crippen LogP contribution in [0.25, 0.3) is 0 Å². The third-order valence-electron chi connectivity index (χ3n) is 1.66. The molecular formula is C9H11N3O. The molecule has 1 rings (SSSR count). The normalized spacial score (nSPS) is 9.54. The van der Waals surface area contributed by atoms with Gasteiger partial charge in [-0.1, -0.05) is 0 Å². The topological polar surface area (TPSA) is 58.7 Å². The zero-order valence-electron chi connectivity index (χ0n) is 7.53. The summed E-state index contributed by atoms with van der Waals surface area (Å²) in [6.45, 7) is 2.36. The van der Waals surface area contributed by atoms with E-state index in [2.05, 4.69) is 5.10 Å². The first kappa shape index (κ1) is 9.46. The minimum absolute atomic E-state index is 0.108. The molecule has 0 aliphatic rings. The molecule has 0 saturated carbocycles. The maximum atomic E-state index is 11.2. The number of hydrogen-bond donors (Lipinski definition) is 0. The molecule has 4 heteroatoms. The predicted octanol–water partition coefficient (Wildman–Crippen LogP) is 0.855. The van der Waals surface area contributed by atoms with Crippen LogP contribution in [0.3, 0.4) is 0 Å². The van der Waals surface area contributed by atoms with Crippen LogP contribution in [0.4, 0.5) is 0 Å². The van der Waals surface area contributed by atoms with Gasteiger partial charge >= 0.3 is 0 Å². The van der Waals surface area contributed by atoms with Crippen molar-refractivity contribution in [3.8, 4) is 6.07 Å². The Hall–Kier alpha value is -1.63. The lowest BCUT2D eigenvalue weighted by Crippen LogP contribution is -2.22. The Labute approximate surface area is 76.4 Å². The van der Waals surface area contributed by atoms with Crippen LogP contribution < -0.4 is 5.56 Å². The van der Waals surface area contributed by atoms with Gasteiger partial charge in [0.25, 0.3) is 5.56 Å². The molecular weight excluding hydrogens is 166 g/mol. The molecule has 0 amide bonds. The van der Waals surface area contributed by atoms with Crippen LogP contribution in [-0.4, -0.2) is 9.78 Å². The van der Waals surface area contributed by atoms with Crippen molar-refractivity contribution in [3.05, 3.63) is 28.2 Å². The van der Waals surface area contributed by atoms with Crippen LogP contribution in [0, 0.1) is 18.3 Å². The van der Waals surface area contributed by atoms with Crippen LogP contribution in [0.1, 0.15) is 18.5 Å². The molecule has 0 atom stereocenters. The Bertz CT molecular complexity index is 375. The van der Waals surface area contributed by atoms with Crippen molar-refractivity contribution in [2.24, 2.45) is 0 Å². The Balaban J connectivity index is 2.71. The minimum atomic E-state index is -0.108. The molecule has 0 aliphatic heterocycles. The molecule has 0 radical (unpaired) electrons. The van der Waals surface area contributed by atoms with Crippen molar-refractivity contribution < 1.29 is 0 Å². The molecule has 0 N–H and O–H groups in total. The van der Waals surface area contributed by atoms with E-state index in [4.69, 9.17) is 5.26 Å². The molecule has 1 heterocycles. The van der Waals surface area contributed by atoms with Crippen molar-refractivity contribution in [1.29, 1.82) is 5.26 Å². The average molecular weight is 177 g/mol. The lowest BCUT2D eigenvalue weighted by molar-refractivity contribution is 0.548. The van der Waals surface area contributed by atoms with E-state index in [9.17, 15) is 4.79 Å². The summed E-state index contributed by atoms with van der Waals surface area (Å²) in [5.74, 6) is 0. The molecule has 0 bridgehead atoms. The number of nitriles is 1. The highest BCUT2D eigenvalue weighted by molar-refractivity contribution is 4.96. The summed E-state index contributed by atoms with van der Waals surface area (Å²) in [6, 6.07) is 5.21. The molecule has 0 spiro atoms. The Morgan fingerprint density at radius 2 is 2.38 bits per heavy atom. The lowest BCUT2D eigenvalue weighted by atomic mass is 10.3. The summed E-state index contributed by atoms with van der Waals surface area (Å²) in [5.41, 5.74) is 0.708. The molecule has 0 aromatic carbocycles. The minimum Gasteiger partial charge on any atom is -0.268 e. The highest BCUT2D eigenvalue weighted by Crippen LogP contribution is 1.91. The number of aryl methyl sites for hydroxylation is 2. The summed E-state index contributed by atoms with van der Waals surface area (Å²) in [4.78, 5) is 11.2. The van der Waals surface area contributed by atoms with Gasteiger partial charge in [0.1, 0.15) is 0 Å². The maximum Gasteiger partial charge on any atom is 0.266 e. The summed E-state index contributed by atoms with van der Waals surface area (Å²) in [5, 5.41) is 12.3. The van der Waals surface area contributed by atoms with E-state index in [0.29, 0.717) is 19.4 Å². The third-order valence-corrected chi connectivity index (χ3v) is 1.66. The first-order valence-corrected chi connectivity index (χ1v) is 4.16. The number of hydrogen-bond acceptors (Lipinski definition) is 3. The third kappa shape index (κ3) is 2.71. The highest BCUT2D eigenvalue weighted by Gasteiger charge is 1.96. The zero-order valence-corrected chi connectivity index (χ0v) is 7.53. The molecule has 0 aliphatic carbocycles. The second-order valence-corrected chi connectivity index (χ2v) is 2.80. The maximum absolute atomic E-state index is 11.2. The van der Waals surface area contributed by atoms with Gasteiger partial charge in [0, 0.05) is 19.0 Å². The molecule has 0 saturated heterocycles. The first-order chi connectivity index (χ1) is 6.24. The van der Waals surface area contributed by atoms with Crippen LogP contribution in [-0.2, 0) is 6.54 Å². The monoisotopic (exact) mass is 177 g/mol. The average Bonchev–Trinajstić information content (AvgIpc) is 2.11. The number of unbranched alkanes of at least 4 members (excludes halogenated alkanes) is 1. The first-order valence-electron chi connectivity index (χ1n) is 4.16. The molecule has 0 fully saturated rings. The number of rotatable bonds is 3. The van der Waals surface area contributed by atoms with Crippen molar-refractivity contribution in [2.45, 2.75) is 26.3 Å². The van der Waals surface area contributed by atoms with Gasteiger partial charge in [-0.2, -0.15) is 10.4 Å². The van der Waals surface area contributed by atoms with Gasteiger partial charge < -0.3 is 0 Å². The molecule has 4 nitrogen and oxygen atoms in total. The van der Waals surface area contributed by atoms with Gasteiger partial charge in [-0.25, -0.2) is 4.68 Å². The highest BCUT2D eigenvalue weighted by atomic mass is 16.1. The Kier molecular flexibility index (Phi) is 3.21. The van der Waals surface area contributed by atoms with Crippen molar-refractivity contribution >= 4 is 0 Å². The Morgan fingerprint density at radius 3 is 3.08 bits per heavy atom. The quantitative estimate of drug-likeness (QED) is 0.643. The zero-order chi connectivity index (χ0) is 9.68. The smallest absolute Gasteiger partial charge is 0.266 e. The largest absolute Gasteiger partial charge is 0.268 e. The number of aromatic nitrogens is 2. The summed E-state index contributed by atoms with van der Waals surface area (Å²) >= 11 is 0. The van der Waals surface area contributed by atoms with Gasteiger partial charge in [-0.3, -0.25) is 4.79 Å². The standard InChI is InChI=1S/C9H11N3O/c1-8-4-5-9(13)12(11-8)7-3-2-6-10/h4-5H,2-3,7H2,1H3. The van der Waals surface area contributed by atoms with Crippen molar-refractivity contribution in [1.82, 2.24) is 9.78 Å². The van der Waals surface area contributed by atoms with E-state index < -0.39 is 0 Å². The summed E-state index contributed by atoms with van der Waals surface area (Å²) in [7, 11) is 0. The lowest BCUT2D eigenvalue weighted by Gasteiger charge is -2.02. The van der Waals surface area contributed by atoms with E-state index in [-0.39, 0.29) is 5.56 Å². The van der Waals surface area contributed by atoms with E-state index in [1.165, 1.54) is 10.7 Å². The predicted molar refractivity (Wildman–Crippen MR) is 48.1 cm³/mol. The van der Waals surface area contributed by atoms with E-state index >= 15 is 0 Å². The van der Waals surface area contributed by atoms with Crippen molar-refractivity contribution in [2.75, 3.05) is 0 Å². The van der Waals surface area contributed by atoms with Gasteiger partial charge in [-0.15, -0.1) is 0 Å². The second-order valence-electron chi connectivity index (χ2n) is 2.80. The van der Waals surface area contributed by atoms with E-state index in [0.717, 1.165) is 5.69 Å². The van der Waals surface area contributed by atoms with Gasteiger partial charge in [0.15, 0.2) is 0 Å². The fraction of sp³-hybridized carbons (Fsp3) is 0.444. The SMILES string of the molecule is Cc1ccc(=O)n(CCCC#N)n1. The van der Waals surface area contributed by atoms with Crippen LogP contribution in [0.5, 0.6) is 0 Å². The fourth-order valence-corrected chi connectivity index (χ4v) is 1.02. The molecule has 1 aromatic rings. The second kappa shape index (κ2) is 4.41. The summed E-state index contributed by atoms with van der Waals surface area (Å²) < 4.78 is 1.40. The molecule has 0 unspecified atom stereocenters. The summed E-state index contributed by atoms with van der Waals surface area (Å²) in [6.07, 6.45) is 1.13. The van der Waals surface area contributed by atoms with Crippen LogP contribution >= 0.6 is 0 Å². The van der Waals surface area contributed by atoms with Crippen LogP contribution in [0.15, 0.2) is 16.9 Å².